The van der Waals surface area contributed by atoms with Crippen LogP contribution in [0.1, 0.15) is 19.4 Å². The van der Waals surface area contributed by atoms with Gasteiger partial charge in [-0.1, -0.05) is 0 Å². The van der Waals surface area contributed by atoms with E-state index in [9.17, 15) is 9.59 Å². The molecule has 1 heterocycles. The summed E-state index contributed by atoms with van der Waals surface area (Å²) in [4.78, 5) is 27.0. The normalized spacial score (nSPS) is 10.8. The number of carbonyl (C=O) groups is 2. The zero-order valence-corrected chi connectivity index (χ0v) is 11.7. The van der Waals surface area contributed by atoms with Gasteiger partial charge in [-0.3, -0.25) is 9.78 Å². The topological polar surface area (TPSA) is 74.7 Å². The summed E-state index contributed by atoms with van der Waals surface area (Å²) in [6, 6.07) is 1.66. The molecule has 0 aliphatic carbocycles. The molecule has 0 atom stereocenters. The van der Waals surface area contributed by atoms with Crippen LogP contribution in [-0.2, 0) is 19.1 Å². The molecule has 0 unspecified atom stereocenters. The summed E-state index contributed by atoms with van der Waals surface area (Å²) < 4.78 is 15.1. The molecular formula is C14H17NO5. The highest BCUT2D eigenvalue weighted by Gasteiger charge is 2.15. The zero-order valence-electron chi connectivity index (χ0n) is 11.7. The Labute approximate surface area is 117 Å². The molecule has 20 heavy (non-hydrogen) atoms. The van der Waals surface area contributed by atoms with Crippen molar-refractivity contribution in [2.24, 2.45) is 0 Å². The molecule has 0 radical (unpaired) electrons. The Kier molecular flexibility index (Phi) is 6.22. The maximum Gasteiger partial charge on any atom is 0.379 e. The largest absolute Gasteiger partial charge is 0.495 e. The number of pyridine rings is 1. The fourth-order valence-electron chi connectivity index (χ4n) is 1.41. The van der Waals surface area contributed by atoms with E-state index in [0.717, 1.165) is 6.08 Å². The highest BCUT2D eigenvalue weighted by Crippen LogP contribution is 2.19. The van der Waals surface area contributed by atoms with Gasteiger partial charge in [-0.05, 0) is 19.9 Å². The third-order valence-electron chi connectivity index (χ3n) is 2.27. The Hall–Kier alpha value is -2.37. The lowest BCUT2D eigenvalue weighted by Gasteiger charge is -2.09. The highest BCUT2D eigenvalue weighted by molar-refractivity contribution is 6.39. The van der Waals surface area contributed by atoms with Gasteiger partial charge in [-0.15, -0.1) is 0 Å². The minimum absolute atomic E-state index is 0.142. The summed E-state index contributed by atoms with van der Waals surface area (Å²) in [5, 5.41) is 0. The second kappa shape index (κ2) is 7.93. The van der Waals surface area contributed by atoms with Crippen LogP contribution in [0.2, 0.25) is 0 Å². The predicted molar refractivity (Wildman–Crippen MR) is 72.0 cm³/mol. The first-order valence-corrected chi connectivity index (χ1v) is 6.17. The molecule has 108 valence electrons. The summed E-state index contributed by atoms with van der Waals surface area (Å²) in [7, 11) is 1.51. The molecular weight excluding hydrogens is 262 g/mol. The number of ketones is 1. The van der Waals surface area contributed by atoms with Crippen molar-refractivity contribution >= 4 is 17.5 Å². The van der Waals surface area contributed by atoms with E-state index < -0.39 is 11.8 Å². The van der Waals surface area contributed by atoms with Gasteiger partial charge in [-0.25, -0.2) is 4.79 Å². The molecule has 1 rings (SSSR count). The summed E-state index contributed by atoms with van der Waals surface area (Å²) in [5.74, 6) is -0.924. The quantitative estimate of drug-likeness (QED) is 0.326. The van der Waals surface area contributed by atoms with E-state index in [1.165, 1.54) is 19.5 Å². The van der Waals surface area contributed by atoms with Crippen molar-refractivity contribution in [2.45, 2.75) is 13.8 Å². The maximum absolute atomic E-state index is 11.7. The average molecular weight is 279 g/mol. The average Bonchev–Trinajstić information content (AvgIpc) is 2.47. The van der Waals surface area contributed by atoms with Gasteiger partial charge in [0.25, 0.3) is 5.78 Å². The van der Waals surface area contributed by atoms with Crippen molar-refractivity contribution in [2.75, 3.05) is 20.3 Å². The van der Waals surface area contributed by atoms with Crippen LogP contribution >= 0.6 is 0 Å². The molecule has 0 aliphatic rings. The van der Waals surface area contributed by atoms with Crippen LogP contribution in [0.15, 0.2) is 24.5 Å². The number of hydrogen-bond acceptors (Lipinski definition) is 6. The van der Waals surface area contributed by atoms with Gasteiger partial charge in [0.05, 0.1) is 26.5 Å². The molecule has 0 fully saturated rings. The summed E-state index contributed by atoms with van der Waals surface area (Å²) >= 11 is 0. The van der Waals surface area contributed by atoms with E-state index in [0.29, 0.717) is 17.9 Å². The molecule has 0 bridgehead atoms. The first-order valence-electron chi connectivity index (χ1n) is 6.17. The van der Waals surface area contributed by atoms with Gasteiger partial charge in [-0.2, -0.15) is 0 Å². The van der Waals surface area contributed by atoms with Crippen molar-refractivity contribution < 1.29 is 23.8 Å². The third-order valence-corrected chi connectivity index (χ3v) is 2.27. The fraction of sp³-hybridized carbons (Fsp3) is 0.357. The van der Waals surface area contributed by atoms with Gasteiger partial charge >= 0.3 is 5.97 Å². The van der Waals surface area contributed by atoms with Gasteiger partial charge in [0.1, 0.15) is 11.5 Å². The molecule has 1 aromatic heterocycles. The number of ether oxygens (including phenoxy) is 3. The monoisotopic (exact) mass is 279 g/mol. The number of methoxy groups -OCH3 is 1. The smallest absolute Gasteiger partial charge is 0.379 e. The van der Waals surface area contributed by atoms with Crippen LogP contribution in [0.4, 0.5) is 0 Å². The zero-order chi connectivity index (χ0) is 15.0. The highest BCUT2D eigenvalue weighted by atomic mass is 16.5. The third kappa shape index (κ3) is 4.38. The second-order valence-corrected chi connectivity index (χ2v) is 3.64. The van der Waals surface area contributed by atoms with Crippen LogP contribution in [-0.4, -0.2) is 37.1 Å². The lowest BCUT2D eigenvalue weighted by atomic mass is 10.2. The molecule has 0 aromatic carbocycles. The Morgan fingerprint density at radius 3 is 2.50 bits per heavy atom. The Morgan fingerprint density at radius 2 is 1.90 bits per heavy atom. The van der Waals surface area contributed by atoms with Crippen molar-refractivity contribution in [1.29, 1.82) is 0 Å². The molecule has 0 spiro atoms. The van der Waals surface area contributed by atoms with Crippen LogP contribution in [0, 0.1) is 0 Å². The van der Waals surface area contributed by atoms with Gasteiger partial charge in [0.2, 0.25) is 0 Å². The number of nitrogens with zero attached hydrogens (tertiary/aromatic N) is 1. The van der Waals surface area contributed by atoms with Gasteiger partial charge in [0.15, 0.2) is 0 Å². The SMILES string of the molecule is CCOC(=O)C(=O)/C=C(\OCC)c1cncc(OC)c1. The van der Waals surface area contributed by atoms with Crippen molar-refractivity contribution in [3.63, 3.8) is 0 Å². The van der Waals surface area contributed by atoms with Crippen molar-refractivity contribution in [3.8, 4) is 5.75 Å². The van der Waals surface area contributed by atoms with E-state index in [2.05, 4.69) is 9.72 Å². The van der Waals surface area contributed by atoms with E-state index in [1.807, 2.05) is 0 Å². The van der Waals surface area contributed by atoms with Gasteiger partial charge < -0.3 is 14.2 Å². The van der Waals surface area contributed by atoms with Gasteiger partial charge in [0, 0.05) is 17.8 Å². The van der Waals surface area contributed by atoms with Crippen LogP contribution in [0.3, 0.4) is 0 Å². The molecule has 0 saturated heterocycles. The molecule has 0 amide bonds. The van der Waals surface area contributed by atoms with Crippen LogP contribution in [0.5, 0.6) is 5.75 Å². The predicted octanol–water partition coefficient (Wildman–Crippen LogP) is 1.60. The molecule has 0 N–H and O–H groups in total. The van der Waals surface area contributed by atoms with E-state index in [1.54, 1.807) is 19.9 Å². The Balaban J connectivity index is 3.03. The number of aromatic nitrogens is 1. The summed E-state index contributed by atoms with van der Waals surface area (Å²) in [5.41, 5.74) is 0.545. The van der Waals surface area contributed by atoms with E-state index in [4.69, 9.17) is 9.47 Å². The number of carbonyl (C=O) groups excluding carboxylic acids is 2. The van der Waals surface area contributed by atoms with E-state index in [-0.39, 0.29) is 12.4 Å². The van der Waals surface area contributed by atoms with Crippen LogP contribution in [0.25, 0.3) is 5.76 Å². The molecule has 6 heteroatoms. The molecule has 0 saturated carbocycles. The number of rotatable bonds is 7. The minimum Gasteiger partial charge on any atom is -0.495 e. The molecule has 0 aliphatic heterocycles. The molecule has 1 aromatic rings. The first kappa shape index (κ1) is 15.7. The van der Waals surface area contributed by atoms with Crippen molar-refractivity contribution in [1.82, 2.24) is 4.98 Å². The minimum atomic E-state index is -0.916. The van der Waals surface area contributed by atoms with E-state index >= 15 is 0 Å². The standard InChI is InChI=1S/C14H17NO5/c1-4-19-13(7-12(16)14(17)20-5-2)10-6-11(18-3)9-15-8-10/h6-9H,4-5H2,1-3H3/b13-7-. The fourth-order valence-corrected chi connectivity index (χ4v) is 1.41. The lowest BCUT2D eigenvalue weighted by molar-refractivity contribution is -0.151. The summed E-state index contributed by atoms with van der Waals surface area (Å²) in [6.07, 6.45) is 4.14. The Bertz CT molecular complexity index is 510. The van der Waals surface area contributed by atoms with Crippen molar-refractivity contribution in [3.05, 3.63) is 30.1 Å². The maximum atomic E-state index is 11.7. The lowest BCUT2D eigenvalue weighted by Crippen LogP contribution is -2.15. The number of hydrogen-bond donors (Lipinski definition) is 0. The Morgan fingerprint density at radius 1 is 1.20 bits per heavy atom. The first-order chi connectivity index (χ1) is 9.62. The number of esters is 1. The summed E-state index contributed by atoms with van der Waals surface area (Å²) in [6.45, 7) is 3.89. The second-order valence-electron chi connectivity index (χ2n) is 3.64. The molecule has 6 nitrogen and oxygen atoms in total. The van der Waals surface area contributed by atoms with Crippen LogP contribution < -0.4 is 4.74 Å².